The Morgan fingerprint density at radius 2 is 1.75 bits per heavy atom. The lowest BCUT2D eigenvalue weighted by molar-refractivity contribution is -0.130. The van der Waals surface area contributed by atoms with Crippen LogP contribution in [0.25, 0.3) is 0 Å². The number of anilines is 2. The number of hydrogen-bond acceptors (Lipinski definition) is 4. The summed E-state index contributed by atoms with van der Waals surface area (Å²) in [6.07, 6.45) is 0.886. The number of rotatable bonds is 4. The molecule has 2 aromatic rings. The number of amides is 2. The van der Waals surface area contributed by atoms with E-state index >= 15 is 0 Å². The Labute approximate surface area is 165 Å². The molecule has 0 aromatic heterocycles. The number of nitrogens with zero attached hydrogens (tertiary/aromatic N) is 3. The third-order valence-corrected chi connectivity index (χ3v) is 5.65. The van der Waals surface area contributed by atoms with Gasteiger partial charge in [0.05, 0.1) is 20.0 Å². The summed E-state index contributed by atoms with van der Waals surface area (Å²) in [5.74, 6) is 1.10. The van der Waals surface area contributed by atoms with Gasteiger partial charge in [0, 0.05) is 44.6 Å². The molecule has 1 fully saturated rings. The summed E-state index contributed by atoms with van der Waals surface area (Å²) in [4.78, 5) is 30.5. The molecule has 0 atom stereocenters. The van der Waals surface area contributed by atoms with Crippen LogP contribution in [0.5, 0.6) is 5.75 Å². The molecule has 6 heteroatoms. The number of benzene rings is 2. The average molecular weight is 379 g/mol. The van der Waals surface area contributed by atoms with Crippen LogP contribution in [0, 0.1) is 0 Å². The molecule has 4 rings (SSSR count). The van der Waals surface area contributed by atoms with E-state index in [-0.39, 0.29) is 11.8 Å². The van der Waals surface area contributed by atoms with E-state index in [2.05, 4.69) is 17.0 Å². The Bertz CT molecular complexity index is 886. The van der Waals surface area contributed by atoms with Crippen molar-refractivity contribution in [1.82, 2.24) is 4.90 Å². The molecule has 0 radical (unpaired) electrons. The summed E-state index contributed by atoms with van der Waals surface area (Å²) >= 11 is 0. The minimum atomic E-state index is 0.140. The molecule has 28 heavy (non-hydrogen) atoms. The molecule has 2 aliphatic heterocycles. The van der Waals surface area contributed by atoms with Crippen molar-refractivity contribution in [2.45, 2.75) is 12.8 Å². The van der Waals surface area contributed by atoms with E-state index in [4.69, 9.17) is 4.74 Å². The second kappa shape index (κ2) is 7.54. The van der Waals surface area contributed by atoms with Crippen LogP contribution < -0.4 is 14.5 Å². The van der Waals surface area contributed by atoms with Crippen LogP contribution in [0.3, 0.4) is 0 Å². The van der Waals surface area contributed by atoms with E-state index in [1.54, 1.807) is 12.0 Å². The quantitative estimate of drug-likeness (QED) is 0.817. The van der Waals surface area contributed by atoms with Crippen molar-refractivity contribution < 1.29 is 14.3 Å². The van der Waals surface area contributed by atoms with E-state index in [0.717, 1.165) is 41.3 Å². The maximum Gasteiger partial charge on any atom is 0.231 e. The zero-order valence-electron chi connectivity index (χ0n) is 16.4. The van der Waals surface area contributed by atoms with Crippen molar-refractivity contribution in [2.24, 2.45) is 0 Å². The fourth-order valence-electron chi connectivity index (χ4n) is 3.90. The zero-order valence-corrected chi connectivity index (χ0v) is 16.4. The normalized spacial score (nSPS) is 16.4. The van der Waals surface area contributed by atoms with E-state index < -0.39 is 0 Å². The first-order valence-corrected chi connectivity index (χ1v) is 9.60. The average Bonchev–Trinajstić information content (AvgIpc) is 3.02. The predicted molar refractivity (Wildman–Crippen MR) is 109 cm³/mol. The van der Waals surface area contributed by atoms with Crippen LogP contribution in [-0.4, -0.2) is 57.1 Å². The predicted octanol–water partition coefficient (Wildman–Crippen LogP) is 2.11. The van der Waals surface area contributed by atoms with Gasteiger partial charge in [0.2, 0.25) is 11.8 Å². The standard InChI is InChI=1S/C22H25N3O3/c1-23-20-8-5-18(14-17(20)15-21(23)26)24-9-11-25(12-10-24)22(27)13-16-3-6-19(28-2)7-4-16/h3-8,14H,9-13,15H2,1-2H3. The number of piperazine rings is 1. The highest BCUT2D eigenvalue weighted by Crippen LogP contribution is 2.31. The van der Waals surface area contributed by atoms with Gasteiger partial charge in [-0.15, -0.1) is 0 Å². The van der Waals surface area contributed by atoms with E-state index in [1.807, 2.05) is 42.3 Å². The van der Waals surface area contributed by atoms with Gasteiger partial charge >= 0.3 is 0 Å². The summed E-state index contributed by atoms with van der Waals surface area (Å²) < 4.78 is 5.16. The summed E-state index contributed by atoms with van der Waals surface area (Å²) in [6, 6.07) is 13.9. The first kappa shape index (κ1) is 18.3. The fraction of sp³-hybridized carbons (Fsp3) is 0.364. The molecule has 1 saturated heterocycles. The van der Waals surface area contributed by atoms with Crippen molar-refractivity contribution >= 4 is 23.2 Å². The Balaban J connectivity index is 1.35. The van der Waals surface area contributed by atoms with Crippen molar-refractivity contribution in [3.63, 3.8) is 0 Å². The molecule has 2 amide bonds. The van der Waals surface area contributed by atoms with Gasteiger partial charge in [0.25, 0.3) is 0 Å². The third kappa shape index (κ3) is 3.54. The second-order valence-electron chi connectivity index (χ2n) is 7.34. The molecule has 0 aliphatic carbocycles. The molecule has 0 bridgehead atoms. The van der Waals surface area contributed by atoms with Crippen LogP contribution >= 0.6 is 0 Å². The summed E-state index contributed by atoms with van der Waals surface area (Å²) in [7, 11) is 3.46. The number of methoxy groups -OCH3 is 1. The highest BCUT2D eigenvalue weighted by atomic mass is 16.5. The van der Waals surface area contributed by atoms with Crippen molar-refractivity contribution in [2.75, 3.05) is 50.1 Å². The topological polar surface area (TPSA) is 53.1 Å². The molecule has 2 aliphatic rings. The van der Waals surface area contributed by atoms with E-state index in [1.165, 1.54) is 0 Å². The van der Waals surface area contributed by atoms with Crippen LogP contribution in [0.4, 0.5) is 11.4 Å². The van der Waals surface area contributed by atoms with Gasteiger partial charge in [-0.25, -0.2) is 0 Å². The first-order valence-electron chi connectivity index (χ1n) is 9.60. The van der Waals surface area contributed by atoms with Gasteiger partial charge in [-0.3, -0.25) is 9.59 Å². The molecule has 0 spiro atoms. The maximum atomic E-state index is 12.6. The first-order chi connectivity index (χ1) is 13.5. The van der Waals surface area contributed by atoms with Crippen LogP contribution in [0.2, 0.25) is 0 Å². The molecule has 0 N–H and O–H groups in total. The van der Waals surface area contributed by atoms with Crippen LogP contribution in [0.1, 0.15) is 11.1 Å². The van der Waals surface area contributed by atoms with E-state index in [9.17, 15) is 9.59 Å². The maximum absolute atomic E-state index is 12.6. The Hall–Kier alpha value is -3.02. The number of carbonyl (C=O) groups excluding carboxylic acids is 2. The lowest BCUT2D eigenvalue weighted by atomic mass is 10.1. The molecule has 146 valence electrons. The molecule has 6 nitrogen and oxygen atoms in total. The fourth-order valence-corrected chi connectivity index (χ4v) is 3.90. The van der Waals surface area contributed by atoms with Crippen molar-refractivity contribution in [3.05, 3.63) is 53.6 Å². The monoisotopic (exact) mass is 379 g/mol. The smallest absolute Gasteiger partial charge is 0.231 e. The largest absolute Gasteiger partial charge is 0.497 e. The van der Waals surface area contributed by atoms with Gasteiger partial charge in [-0.2, -0.15) is 0 Å². The molecular weight excluding hydrogens is 354 g/mol. The third-order valence-electron chi connectivity index (χ3n) is 5.65. The van der Waals surface area contributed by atoms with Gasteiger partial charge < -0.3 is 19.4 Å². The number of likely N-dealkylation sites (N-methyl/N-ethyl adjacent to an activating group) is 1. The van der Waals surface area contributed by atoms with Gasteiger partial charge in [0.1, 0.15) is 5.75 Å². The molecule has 0 unspecified atom stereocenters. The van der Waals surface area contributed by atoms with Gasteiger partial charge in [0.15, 0.2) is 0 Å². The highest BCUT2D eigenvalue weighted by Gasteiger charge is 2.26. The number of carbonyl (C=O) groups is 2. The highest BCUT2D eigenvalue weighted by molar-refractivity contribution is 6.01. The van der Waals surface area contributed by atoms with Gasteiger partial charge in [-0.1, -0.05) is 12.1 Å². The minimum Gasteiger partial charge on any atom is -0.497 e. The molecule has 2 heterocycles. The number of fused-ring (bicyclic) bond motifs is 1. The zero-order chi connectivity index (χ0) is 19.7. The Morgan fingerprint density at radius 3 is 2.43 bits per heavy atom. The van der Waals surface area contributed by atoms with E-state index in [0.29, 0.717) is 25.9 Å². The SMILES string of the molecule is COc1ccc(CC(=O)N2CCN(c3ccc4c(c3)CC(=O)N4C)CC2)cc1. The molecule has 2 aromatic carbocycles. The van der Waals surface area contributed by atoms with Crippen molar-refractivity contribution in [3.8, 4) is 5.75 Å². The Kier molecular flexibility index (Phi) is 4.94. The van der Waals surface area contributed by atoms with Gasteiger partial charge in [-0.05, 0) is 41.5 Å². The summed E-state index contributed by atoms with van der Waals surface area (Å²) in [5.41, 5.74) is 4.22. The lowest BCUT2D eigenvalue weighted by Crippen LogP contribution is -2.49. The number of ether oxygens (including phenoxy) is 1. The minimum absolute atomic E-state index is 0.140. The summed E-state index contributed by atoms with van der Waals surface area (Å²) in [6.45, 7) is 3.03. The molecular formula is C22H25N3O3. The summed E-state index contributed by atoms with van der Waals surface area (Å²) in [5, 5.41) is 0. The number of hydrogen-bond donors (Lipinski definition) is 0. The van der Waals surface area contributed by atoms with Crippen molar-refractivity contribution in [1.29, 1.82) is 0 Å². The molecule has 0 saturated carbocycles. The second-order valence-corrected chi connectivity index (χ2v) is 7.34. The Morgan fingerprint density at radius 1 is 1.04 bits per heavy atom. The van der Waals surface area contributed by atoms with Crippen LogP contribution in [-0.2, 0) is 22.4 Å². The lowest BCUT2D eigenvalue weighted by Gasteiger charge is -2.36. The van der Waals surface area contributed by atoms with Crippen LogP contribution in [0.15, 0.2) is 42.5 Å².